The number of nitrogens with zero attached hydrogens (tertiary/aromatic N) is 3. The summed E-state index contributed by atoms with van der Waals surface area (Å²) in [6, 6.07) is 20.1. The van der Waals surface area contributed by atoms with E-state index in [1.807, 2.05) is 71.8 Å². The molecule has 0 bridgehead atoms. The third-order valence-electron chi connectivity index (χ3n) is 6.17. The first-order valence-electron chi connectivity index (χ1n) is 10.8. The van der Waals surface area contributed by atoms with E-state index >= 15 is 0 Å². The largest absolute Gasteiger partial charge is 0.332 e. The maximum absolute atomic E-state index is 13.9. The number of likely N-dealkylation sites (tertiary alicyclic amines) is 1. The number of aromatic nitrogens is 2. The van der Waals surface area contributed by atoms with E-state index in [1.165, 1.54) is 5.56 Å². The van der Waals surface area contributed by atoms with E-state index in [0.717, 1.165) is 61.5 Å². The van der Waals surface area contributed by atoms with Crippen molar-refractivity contribution in [3.63, 3.8) is 0 Å². The van der Waals surface area contributed by atoms with Gasteiger partial charge in [-0.3, -0.25) is 4.79 Å². The summed E-state index contributed by atoms with van der Waals surface area (Å²) in [7, 11) is 0. The fourth-order valence-corrected chi connectivity index (χ4v) is 4.65. The third kappa shape index (κ3) is 3.61. The zero-order valence-corrected chi connectivity index (χ0v) is 17.0. The highest BCUT2D eigenvalue weighted by molar-refractivity contribution is 5.87. The quantitative estimate of drug-likeness (QED) is 0.729. The smallest absolute Gasteiger partial charge is 0.235 e. The zero-order valence-electron chi connectivity index (χ0n) is 17.0. The Balaban J connectivity index is 1.48. The van der Waals surface area contributed by atoms with Gasteiger partial charge in [-0.1, -0.05) is 60.7 Å². The van der Waals surface area contributed by atoms with Gasteiger partial charge in [0.05, 0.1) is 12.0 Å². The van der Waals surface area contributed by atoms with Gasteiger partial charge in [-0.05, 0) is 24.0 Å². The molecule has 5 rings (SSSR count). The maximum Gasteiger partial charge on any atom is 0.235 e. The topological polar surface area (TPSA) is 58.1 Å². The number of nitrogens with one attached hydrogen (secondary N) is 1. The van der Waals surface area contributed by atoms with Crippen LogP contribution in [0.15, 0.2) is 66.9 Å². The van der Waals surface area contributed by atoms with Crippen LogP contribution in [0.3, 0.4) is 0 Å². The predicted molar refractivity (Wildman–Crippen MR) is 116 cm³/mol. The van der Waals surface area contributed by atoms with Gasteiger partial charge < -0.3 is 10.2 Å². The summed E-state index contributed by atoms with van der Waals surface area (Å²) in [6.07, 6.45) is 4.76. The van der Waals surface area contributed by atoms with E-state index in [2.05, 4.69) is 10.3 Å². The van der Waals surface area contributed by atoms with Crippen molar-refractivity contribution < 1.29 is 4.79 Å². The van der Waals surface area contributed by atoms with Gasteiger partial charge in [0.25, 0.3) is 0 Å². The molecule has 1 fully saturated rings. The summed E-state index contributed by atoms with van der Waals surface area (Å²) in [5.41, 5.74) is 4.35. The Morgan fingerprint density at radius 3 is 2.43 bits per heavy atom. The lowest BCUT2D eigenvalue weighted by Crippen LogP contribution is -2.36. The molecule has 0 unspecified atom stereocenters. The minimum atomic E-state index is -0.310. The number of amides is 1. The van der Waals surface area contributed by atoms with Crippen molar-refractivity contribution in [2.75, 3.05) is 13.1 Å². The first-order chi connectivity index (χ1) is 14.8. The lowest BCUT2D eigenvalue weighted by molar-refractivity contribution is -0.133. The average molecular weight is 399 g/mol. The predicted octanol–water partition coefficient (Wildman–Crippen LogP) is 3.62. The molecule has 2 aliphatic rings. The van der Waals surface area contributed by atoms with E-state index in [0.29, 0.717) is 0 Å². The van der Waals surface area contributed by atoms with Crippen LogP contribution >= 0.6 is 0 Å². The molecule has 0 radical (unpaired) electrons. The number of hydrogen-bond acceptors (Lipinski definition) is 4. The van der Waals surface area contributed by atoms with E-state index in [4.69, 9.17) is 4.98 Å². The van der Waals surface area contributed by atoms with Gasteiger partial charge in [0.1, 0.15) is 0 Å². The second kappa shape index (κ2) is 8.36. The van der Waals surface area contributed by atoms with Crippen molar-refractivity contribution in [1.82, 2.24) is 20.2 Å². The molecule has 0 saturated carbocycles. The monoisotopic (exact) mass is 398 g/mol. The van der Waals surface area contributed by atoms with Crippen LogP contribution in [0.2, 0.25) is 0 Å². The van der Waals surface area contributed by atoms with Gasteiger partial charge in [0.15, 0.2) is 5.82 Å². The van der Waals surface area contributed by atoms with Crippen molar-refractivity contribution in [3.8, 4) is 0 Å². The summed E-state index contributed by atoms with van der Waals surface area (Å²) < 4.78 is 0. The first kappa shape index (κ1) is 18.9. The minimum Gasteiger partial charge on any atom is -0.332 e. The standard InChI is InChI=1S/C25H26N4O/c30-25(23(18-8-3-1-4-9-18)19-10-5-2-6-11-19)29-15-7-12-22(29)24-27-17-20-16-26-14-13-21(20)28-24/h1-6,8-11,17,22-23,26H,7,12-16H2/t22-/m0/s1. The van der Waals surface area contributed by atoms with Crippen molar-refractivity contribution >= 4 is 5.91 Å². The molecule has 1 atom stereocenters. The molecule has 0 spiro atoms. The van der Waals surface area contributed by atoms with Crippen molar-refractivity contribution in [1.29, 1.82) is 0 Å². The number of hydrogen-bond donors (Lipinski definition) is 1. The Morgan fingerprint density at radius 2 is 1.73 bits per heavy atom. The normalized spacial score (nSPS) is 18.4. The van der Waals surface area contributed by atoms with E-state index in [-0.39, 0.29) is 17.9 Å². The zero-order chi connectivity index (χ0) is 20.3. The van der Waals surface area contributed by atoms with Crippen LogP contribution in [-0.2, 0) is 17.8 Å². The Morgan fingerprint density at radius 1 is 1.03 bits per heavy atom. The molecule has 1 N–H and O–H groups in total. The Hall–Kier alpha value is -3.05. The van der Waals surface area contributed by atoms with Gasteiger partial charge in [0, 0.05) is 43.5 Å². The van der Waals surface area contributed by atoms with Crippen LogP contribution < -0.4 is 5.32 Å². The van der Waals surface area contributed by atoms with E-state index < -0.39 is 0 Å². The molecule has 2 aliphatic heterocycles. The van der Waals surface area contributed by atoms with Crippen molar-refractivity contribution in [2.45, 2.75) is 37.8 Å². The molecule has 5 nitrogen and oxygen atoms in total. The molecule has 1 amide bonds. The molecule has 1 saturated heterocycles. The second-order valence-corrected chi connectivity index (χ2v) is 8.07. The average Bonchev–Trinajstić information content (AvgIpc) is 3.30. The number of carbonyl (C=O) groups excluding carboxylic acids is 1. The van der Waals surface area contributed by atoms with Gasteiger partial charge in [-0.15, -0.1) is 0 Å². The fraction of sp³-hybridized carbons (Fsp3) is 0.320. The lowest BCUT2D eigenvalue weighted by Gasteiger charge is -2.29. The Labute approximate surface area is 177 Å². The molecule has 2 aromatic carbocycles. The summed E-state index contributed by atoms with van der Waals surface area (Å²) in [5, 5.41) is 3.36. The van der Waals surface area contributed by atoms with Gasteiger partial charge >= 0.3 is 0 Å². The molecular weight excluding hydrogens is 372 g/mol. The molecule has 30 heavy (non-hydrogen) atoms. The summed E-state index contributed by atoms with van der Waals surface area (Å²) in [6.45, 7) is 2.52. The van der Waals surface area contributed by atoms with Gasteiger partial charge in [0.2, 0.25) is 5.91 Å². The van der Waals surface area contributed by atoms with Crippen LogP contribution in [0.25, 0.3) is 0 Å². The molecule has 3 heterocycles. The molecule has 5 heteroatoms. The summed E-state index contributed by atoms with van der Waals surface area (Å²) >= 11 is 0. The summed E-state index contributed by atoms with van der Waals surface area (Å²) in [4.78, 5) is 25.4. The number of fused-ring (bicyclic) bond motifs is 1. The Bertz CT molecular complexity index is 982. The number of rotatable bonds is 4. The highest BCUT2D eigenvalue weighted by Crippen LogP contribution is 2.36. The molecular formula is C25H26N4O. The highest BCUT2D eigenvalue weighted by atomic mass is 16.2. The van der Waals surface area contributed by atoms with Crippen molar-refractivity contribution in [2.24, 2.45) is 0 Å². The Kier molecular flexibility index (Phi) is 5.28. The highest BCUT2D eigenvalue weighted by Gasteiger charge is 2.37. The van der Waals surface area contributed by atoms with Gasteiger partial charge in [-0.2, -0.15) is 0 Å². The number of carbonyl (C=O) groups is 1. The van der Waals surface area contributed by atoms with E-state index in [1.54, 1.807) is 0 Å². The molecule has 1 aromatic heterocycles. The van der Waals surface area contributed by atoms with Gasteiger partial charge in [-0.25, -0.2) is 9.97 Å². The third-order valence-corrected chi connectivity index (χ3v) is 6.17. The molecule has 3 aromatic rings. The van der Waals surface area contributed by atoms with Crippen LogP contribution in [-0.4, -0.2) is 33.9 Å². The van der Waals surface area contributed by atoms with Crippen LogP contribution in [0.4, 0.5) is 0 Å². The number of benzene rings is 2. The van der Waals surface area contributed by atoms with E-state index in [9.17, 15) is 4.79 Å². The maximum atomic E-state index is 13.9. The molecule has 0 aliphatic carbocycles. The molecule has 152 valence electrons. The van der Waals surface area contributed by atoms with Crippen LogP contribution in [0.5, 0.6) is 0 Å². The fourth-order valence-electron chi connectivity index (χ4n) is 4.65. The second-order valence-electron chi connectivity index (χ2n) is 8.07. The first-order valence-corrected chi connectivity index (χ1v) is 10.8. The van der Waals surface area contributed by atoms with Crippen LogP contribution in [0.1, 0.15) is 53.0 Å². The minimum absolute atomic E-state index is 0.0485. The van der Waals surface area contributed by atoms with Crippen LogP contribution in [0, 0.1) is 0 Å². The summed E-state index contributed by atoms with van der Waals surface area (Å²) in [5.74, 6) is 0.620. The van der Waals surface area contributed by atoms with Crippen molar-refractivity contribution in [3.05, 3.63) is 95.1 Å². The lowest BCUT2D eigenvalue weighted by atomic mass is 9.89. The SMILES string of the molecule is O=C(C(c1ccccc1)c1ccccc1)N1CCC[C@H]1c1ncc2c(n1)CCNC2.